The van der Waals surface area contributed by atoms with Crippen molar-refractivity contribution in [3.63, 3.8) is 0 Å². The Kier molecular flexibility index (Phi) is 5.80. The number of rotatable bonds is 4. The summed E-state index contributed by atoms with van der Waals surface area (Å²) in [5.41, 5.74) is 0. The van der Waals surface area contributed by atoms with E-state index >= 15 is 0 Å². The van der Waals surface area contributed by atoms with Crippen molar-refractivity contribution in [3.05, 3.63) is 0 Å². The second-order valence-corrected chi connectivity index (χ2v) is 9.43. The topological polar surface area (TPSA) is 282 Å². The first-order valence-electron chi connectivity index (χ1n) is 5.43. The molecule has 0 aromatic rings. The lowest BCUT2D eigenvalue weighted by molar-refractivity contribution is -0.328. The van der Waals surface area contributed by atoms with Crippen LogP contribution < -0.4 is 19.6 Å². The van der Waals surface area contributed by atoms with Crippen molar-refractivity contribution in [1.29, 1.82) is 0 Å². The summed E-state index contributed by atoms with van der Waals surface area (Å²) in [4.78, 5) is 45.0. The monoisotopic (exact) mass is 428 g/mol. The minimum absolute atomic E-state index is 3.45. The van der Waals surface area contributed by atoms with Crippen LogP contribution in [-0.4, -0.2) is 64.2 Å². The molecular formula is C6H8O14P4. The maximum Gasteiger partial charge on any atom is 0.419 e. The van der Waals surface area contributed by atoms with Crippen LogP contribution in [0.2, 0.25) is 0 Å². The molecule has 1 aliphatic rings. The Bertz CT molecular complexity index is 585. The Morgan fingerprint density at radius 3 is 0.917 bits per heavy atom. The average molecular weight is 428 g/mol. The number of aliphatic hydroxyl groups is 6. The molecule has 0 aromatic carbocycles. The van der Waals surface area contributed by atoms with E-state index in [9.17, 15) is 68.5 Å². The van der Waals surface area contributed by atoms with Gasteiger partial charge < -0.3 is 50.2 Å². The summed E-state index contributed by atoms with van der Waals surface area (Å²) in [6, 6.07) is 0. The molecule has 1 saturated carbocycles. The Balaban J connectivity index is 4.14. The second-order valence-electron chi connectivity index (χ2n) is 4.71. The van der Waals surface area contributed by atoms with Crippen LogP contribution in [0.5, 0.6) is 0 Å². The Hall–Kier alpha value is -0.000000000000000104. The van der Waals surface area contributed by atoms with Crippen molar-refractivity contribution < 1.29 is 68.5 Å². The van der Waals surface area contributed by atoms with E-state index in [1.165, 1.54) is 0 Å². The molecular weight excluding hydrogens is 420 g/mol. The van der Waals surface area contributed by atoms with Gasteiger partial charge in [0.15, 0.2) is 12.2 Å². The first-order valence-corrected chi connectivity index (χ1v) is 10.1. The van der Waals surface area contributed by atoms with Gasteiger partial charge in [-0.1, -0.05) is 18.3 Å². The van der Waals surface area contributed by atoms with Crippen molar-refractivity contribution in [1.82, 2.24) is 0 Å². The zero-order chi connectivity index (χ0) is 19.5. The summed E-state index contributed by atoms with van der Waals surface area (Å²) < 4.78 is 45.0. The van der Waals surface area contributed by atoms with E-state index < -0.39 is 65.7 Å². The summed E-state index contributed by atoms with van der Waals surface area (Å²) in [6.45, 7) is 0. The highest BCUT2D eigenvalue weighted by atomic mass is 31.1. The van der Waals surface area contributed by atoms with E-state index in [4.69, 9.17) is 0 Å². The highest BCUT2D eigenvalue weighted by Gasteiger charge is 3.01. The van der Waals surface area contributed by atoms with Crippen LogP contribution >= 0.6 is 32.1 Å². The molecule has 18 heteroatoms. The van der Waals surface area contributed by atoms with Crippen molar-refractivity contribution >= 4 is 32.1 Å². The summed E-state index contributed by atoms with van der Waals surface area (Å²) >= 11 is 0. The molecule has 0 aliphatic heterocycles. The predicted octanol–water partition coefficient (Wildman–Crippen LogP) is -6.11. The highest BCUT2D eigenvalue weighted by Crippen LogP contribution is 2.70. The van der Waals surface area contributed by atoms with Crippen molar-refractivity contribution in [3.8, 4) is 0 Å². The van der Waals surface area contributed by atoms with Crippen LogP contribution in [0.1, 0.15) is 0 Å². The van der Waals surface area contributed by atoms with Gasteiger partial charge in [0.2, 0.25) is 0 Å². The van der Waals surface area contributed by atoms with Gasteiger partial charge in [0.1, 0.15) is 0 Å². The number of hydrogen-bond acceptors (Lipinski definition) is 14. The molecule has 1 fully saturated rings. The SMILES string of the molecule is O=[P+]([O-])[C@@]1(O)[C@@](O)([P+](=O)[O-])[C@](O)([P+](=O)[O-])[C@H](O)[C@@H](O)[C@]1(O)[P+](=O)[O-]. The molecule has 0 bridgehead atoms. The maximum absolute atomic E-state index is 11.3. The average Bonchev–Trinajstić information content (AvgIpc) is 2.47. The number of aliphatic hydroxyl groups excluding tert-OH is 2. The molecule has 4 unspecified atom stereocenters. The third-order valence-corrected chi connectivity index (χ3v) is 8.93. The fourth-order valence-electron chi connectivity index (χ4n) is 2.36. The van der Waals surface area contributed by atoms with Crippen LogP contribution in [0.25, 0.3) is 0 Å². The molecule has 14 nitrogen and oxygen atoms in total. The van der Waals surface area contributed by atoms with Gasteiger partial charge in [0.25, 0.3) is 0 Å². The highest BCUT2D eigenvalue weighted by molar-refractivity contribution is 7.48. The quantitative estimate of drug-likeness (QED) is 0.227. The third-order valence-electron chi connectivity index (χ3n) is 3.72. The maximum atomic E-state index is 11.3. The molecule has 24 heavy (non-hydrogen) atoms. The van der Waals surface area contributed by atoms with Gasteiger partial charge in [-0.2, -0.15) is 0 Å². The molecule has 1 aliphatic carbocycles. The zero-order valence-corrected chi connectivity index (χ0v) is 14.5. The fraction of sp³-hybridized carbons (Fsp3) is 1.00. The Morgan fingerprint density at radius 2 is 0.792 bits per heavy atom. The van der Waals surface area contributed by atoms with Gasteiger partial charge >= 0.3 is 53.5 Å². The van der Waals surface area contributed by atoms with Crippen LogP contribution in [0.15, 0.2) is 0 Å². The summed E-state index contributed by atoms with van der Waals surface area (Å²) in [5.74, 6) is 0. The molecule has 6 N–H and O–H groups in total. The molecule has 0 heterocycles. The standard InChI is InChI=1S/C6H8O14P4/c7-1-2(8)4(10,22(15)16)6(12,24(19)20)5(11,23(17)18)3(1,9)21(13)14/h1-2,7-12H/t1-,2-,3-,4+,5+,6-/m1/s1. The normalized spacial score (nSPS) is 48.6. The van der Waals surface area contributed by atoms with E-state index in [0.717, 1.165) is 0 Å². The van der Waals surface area contributed by atoms with Crippen LogP contribution in [0.3, 0.4) is 0 Å². The first-order chi connectivity index (χ1) is 10.6. The van der Waals surface area contributed by atoms with E-state index in [0.29, 0.717) is 0 Å². The van der Waals surface area contributed by atoms with Crippen LogP contribution in [0.4, 0.5) is 0 Å². The van der Waals surface area contributed by atoms with Crippen molar-refractivity contribution in [2.75, 3.05) is 0 Å². The molecule has 136 valence electrons. The smallest absolute Gasteiger partial charge is 0.419 e. The van der Waals surface area contributed by atoms with Gasteiger partial charge in [-0.3, -0.25) is 0 Å². The van der Waals surface area contributed by atoms with E-state index in [-0.39, 0.29) is 0 Å². The summed E-state index contributed by atoms with van der Waals surface area (Å²) in [6.07, 6.45) is -6.91. The summed E-state index contributed by atoms with van der Waals surface area (Å²) in [7, 11) is -19.5. The minimum atomic E-state index is -4.98. The first kappa shape index (κ1) is 22.0. The zero-order valence-electron chi connectivity index (χ0n) is 10.9. The van der Waals surface area contributed by atoms with Gasteiger partial charge in [-0.15, -0.1) is 0 Å². The Morgan fingerprint density at radius 1 is 0.583 bits per heavy atom. The van der Waals surface area contributed by atoms with Gasteiger partial charge in [0.05, 0.1) is 0 Å². The Labute approximate surface area is 135 Å². The minimum Gasteiger partial charge on any atom is -0.593 e. The fourth-order valence-corrected chi connectivity index (χ4v) is 7.20. The predicted molar refractivity (Wildman–Crippen MR) is 62.2 cm³/mol. The van der Waals surface area contributed by atoms with Crippen molar-refractivity contribution in [2.24, 2.45) is 0 Å². The van der Waals surface area contributed by atoms with Gasteiger partial charge in [0, 0.05) is 0 Å². The van der Waals surface area contributed by atoms with Gasteiger partial charge in [-0.25, -0.2) is 0 Å². The molecule has 0 amide bonds. The third kappa shape index (κ3) is 2.16. The van der Waals surface area contributed by atoms with Crippen molar-refractivity contribution in [2.45, 2.75) is 33.6 Å². The largest absolute Gasteiger partial charge is 0.593 e. The lowest BCUT2D eigenvalue weighted by Gasteiger charge is -2.48. The molecule has 0 saturated heterocycles. The molecule has 0 aromatic heterocycles. The molecule has 0 spiro atoms. The number of hydrogen-bond donors (Lipinski definition) is 6. The summed E-state index contributed by atoms with van der Waals surface area (Å²) in [5, 5.41) is 40.3. The lowest BCUT2D eigenvalue weighted by Crippen LogP contribution is -2.84. The van der Waals surface area contributed by atoms with E-state index in [2.05, 4.69) is 0 Å². The van der Waals surface area contributed by atoms with E-state index in [1.807, 2.05) is 0 Å². The lowest BCUT2D eigenvalue weighted by atomic mass is 9.82. The molecule has 0 radical (unpaired) electrons. The van der Waals surface area contributed by atoms with Gasteiger partial charge in [-0.05, 0) is 0 Å². The van der Waals surface area contributed by atoms with Crippen LogP contribution in [0, 0.1) is 0 Å². The van der Waals surface area contributed by atoms with Crippen LogP contribution in [-0.2, 0) is 18.3 Å². The molecule has 10 atom stereocenters. The molecule has 1 rings (SSSR count). The second kappa shape index (κ2) is 6.31. The van der Waals surface area contributed by atoms with E-state index in [1.54, 1.807) is 0 Å².